The van der Waals surface area contributed by atoms with Crippen molar-refractivity contribution in [1.29, 1.82) is 0 Å². The smallest absolute Gasteiger partial charge is 0.238 e. The summed E-state index contributed by atoms with van der Waals surface area (Å²) in [6, 6.07) is 5.51. The van der Waals surface area contributed by atoms with Crippen molar-refractivity contribution in [2.24, 2.45) is 11.7 Å². The van der Waals surface area contributed by atoms with Gasteiger partial charge in [0.25, 0.3) is 0 Å². The summed E-state index contributed by atoms with van der Waals surface area (Å²) in [5, 5.41) is 3.57. The Morgan fingerprint density at radius 2 is 2.35 bits per heavy atom. The van der Waals surface area contributed by atoms with Crippen molar-refractivity contribution in [2.45, 2.75) is 19.8 Å². The topological polar surface area (TPSA) is 58.4 Å². The predicted octanol–water partition coefficient (Wildman–Crippen LogP) is 2.26. The number of rotatable bonds is 4. The number of halogens is 1. The number of nitrogens with zero attached hydrogens (tertiary/aromatic N) is 1. The number of carbonyl (C=O) groups excluding carboxylic acids is 1. The van der Waals surface area contributed by atoms with E-state index in [4.69, 9.17) is 17.3 Å². The first-order valence-electron chi connectivity index (χ1n) is 7.07. The third-order valence-electron chi connectivity index (χ3n) is 3.78. The Balaban J connectivity index is 1.90. The van der Waals surface area contributed by atoms with Crippen LogP contribution in [0.1, 0.15) is 18.4 Å². The van der Waals surface area contributed by atoms with Gasteiger partial charge < -0.3 is 11.1 Å². The molecule has 4 nitrogen and oxygen atoms in total. The average molecular weight is 296 g/mol. The molecule has 110 valence electrons. The van der Waals surface area contributed by atoms with Gasteiger partial charge in [0.2, 0.25) is 5.91 Å². The summed E-state index contributed by atoms with van der Waals surface area (Å²) < 4.78 is 0. The number of likely N-dealkylation sites (tertiary alicyclic amines) is 1. The molecule has 1 aliphatic heterocycles. The SMILES string of the molecule is Cc1ccc(Cl)cc1NC(=O)CN1CCCC(CN)C1. The molecule has 2 rings (SSSR count). The normalized spacial score (nSPS) is 19.9. The van der Waals surface area contributed by atoms with Crippen LogP contribution < -0.4 is 11.1 Å². The Hall–Kier alpha value is -1.10. The Bertz CT molecular complexity index is 478. The lowest BCUT2D eigenvalue weighted by atomic mass is 9.98. The van der Waals surface area contributed by atoms with Crippen LogP contribution in [-0.4, -0.2) is 37.0 Å². The van der Waals surface area contributed by atoms with Gasteiger partial charge in [-0.15, -0.1) is 0 Å². The lowest BCUT2D eigenvalue weighted by Gasteiger charge is -2.31. The molecule has 0 saturated carbocycles. The van der Waals surface area contributed by atoms with Crippen LogP contribution in [0.25, 0.3) is 0 Å². The standard InChI is InChI=1S/C15H22ClN3O/c1-11-4-5-13(16)7-14(11)18-15(20)10-19-6-2-3-12(8-17)9-19/h4-5,7,12H,2-3,6,8-10,17H2,1H3,(H,18,20). The van der Waals surface area contributed by atoms with E-state index in [1.807, 2.05) is 19.1 Å². The molecule has 1 atom stereocenters. The summed E-state index contributed by atoms with van der Waals surface area (Å²) in [7, 11) is 0. The minimum atomic E-state index is 0.00744. The monoisotopic (exact) mass is 295 g/mol. The Morgan fingerprint density at radius 3 is 3.10 bits per heavy atom. The van der Waals surface area contributed by atoms with Crippen molar-refractivity contribution in [1.82, 2.24) is 4.90 Å². The van der Waals surface area contributed by atoms with Gasteiger partial charge in [-0.25, -0.2) is 0 Å². The quantitative estimate of drug-likeness (QED) is 0.896. The molecule has 1 aromatic rings. The zero-order valence-corrected chi connectivity index (χ0v) is 12.6. The molecule has 1 fully saturated rings. The molecule has 1 amide bonds. The molecule has 0 aromatic heterocycles. The Morgan fingerprint density at radius 1 is 1.55 bits per heavy atom. The van der Waals surface area contributed by atoms with E-state index in [9.17, 15) is 4.79 Å². The number of hydrogen-bond acceptors (Lipinski definition) is 3. The number of nitrogens with one attached hydrogen (secondary N) is 1. The number of hydrogen-bond donors (Lipinski definition) is 2. The summed E-state index contributed by atoms with van der Waals surface area (Å²) in [5.74, 6) is 0.525. The maximum absolute atomic E-state index is 12.1. The molecule has 20 heavy (non-hydrogen) atoms. The zero-order chi connectivity index (χ0) is 14.5. The fourth-order valence-corrected chi connectivity index (χ4v) is 2.78. The van der Waals surface area contributed by atoms with E-state index in [0.717, 1.165) is 30.8 Å². The van der Waals surface area contributed by atoms with E-state index in [-0.39, 0.29) is 5.91 Å². The number of carbonyl (C=O) groups is 1. The molecule has 3 N–H and O–H groups in total. The second kappa shape index (κ2) is 7.07. The summed E-state index contributed by atoms with van der Waals surface area (Å²) in [5.41, 5.74) is 7.52. The molecule has 1 heterocycles. The van der Waals surface area contributed by atoms with Crippen molar-refractivity contribution in [2.75, 3.05) is 31.5 Å². The summed E-state index contributed by atoms with van der Waals surface area (Å²) in [6.07, 6.45) is 2.29. The van der Waals surface area contributed by atoms with E-state index in [1.54, 1.807) is 6.07 Å². The molecular weight excluding hydrogens is 274 g/mol. The van der Waals surface area contributed by atoms with Crippen molar-refractivity contribution in [3.63, 3.8) is 0 Å². The van der Waals surface area contributed by atoms with E-state index in [0.29, 0.717) is 24.0 Å². The van der Waals surface area contributed by atoms with Crippen LogP contribution >= 0.6 is 11.6 Å². The molecule has 1 saturated heterocycles. The van der Waals surface area contributed by atoms with Crippen molar-refractivity contribution in [3.8, 4) is 0 Å². The van der Waals surface area contributed by atoms with Crippen LogP contribution in [-0.2, 0) is 4.79 Å². The van der Waals surface area contributed by atoms with Crippen molar-refractivity contribution < 1.29 is 4.79 Å². The highest BCUT2D eigenvalue weighted by atomic mass is 35.5. The number of anilines is 1. The minimum absolute atomic E-state index is 0.00744. The van der Waals surface area contributed by atoms with E-state index in [1.165, 1.54) is 6.42 Å². The number of aryl methyl sites for hydroxylation is 1. The van der Waals surface area contributed by atoms with Gasteiger partial charge in [0, 0.05) is 17.3 Å². The van der Waals surface area contributed by atoms with Gasteiger partial charge >= 0.3 is 0 Å². The van der Waals surface area contributed by atoms with Crippen LogP contribution in [0.4, 0.5) is 5.69 Å². The largest absolute Gasteiger partial charge is 0.330 e. The van der Waals surface area contributed by atoms with E-state index in [2.05, 4.69) is 10.2 Å². The van der Waals surface area contributed by atoms with Crippen LogP contribution in [0.3, 0.4) is 0 Å². The van der Waals surface area contributed by atoms with Crippen LogP contribution in [0, 0.1) is 12.8 Å². The third-order valence-corrected chi connectivity index (χ3v) is 4.01. The lowest BCUT2D eigenvalue weighted by Crippen LogP contribution is -2.42. The van der Waals surface area contributed by atoms with Gasteiger partial charge in [0.15, 0.2) is 0 Å². The summed E-state index contributed by atoms with van der Waals surface area (Å²) in [6.45, 7) is 4.96. The van der Waals surface area contributed by atoms with Gasteiger partial charge in [-0.1, -0.05) is 17.7 Å². The van der Waals surface area contributed by atoms with Gasteiger partial charge in [-0.2, -0.15) is 0 Å². The van der Waals surface area contributed by atoms with E-state index < -0.39 is 0 Å². The Kier molecular flexibility index (Phi) is 5.40. The van der Waals surface area contributed by atoms with Gasteiger partial charge in [-0.05, 0) is 56.5 Å². The second-order valence-electron chi connectivity index (χ2n) is 5.49. The number of benzene rings is 1. The van der Waals surface area contributed by atoms with Crippen molar-refractivity contribution in [3.05, 3.63) is 28.8 Å². The fourth-order valence-electron chi connectivity index (χ4n) is 2.61. The van der Waals surface area contributed by atoms with Gasteiger partial charge in [0.1, 0.15) is 0 Å². The first-order valence-corrected chi connectivity index (χ1v) is 7.44. The highest BCUT2D eigenvalue weighted by molar-refractivity contribution is 6.31. The highest BCUT2D eigenvalue weighted by Crippen LogP contribution is 2.20. The molecule has 0 bridgehead atoms. The maximum atomic E-state index is 12.1. The number of amides is 1. The van der Waals surface area contributed by atoms with Crippen LogP contribution in [0.15, 0.2) is 18.2 Å². The molecule has 1 unspecified atom stereocenters. The zero-order valence-electron chi connectivity index (χ0n) is 11.9. The molecule has 0 radical (unpaired) electrons. The molecular formula is C15H22ClN3O. The molecule has 1 aromatic carbocycles. The second-order valence-corrected chi connectivity index (χ2v) is 5.92. The summed E-state index contributed by atoms with van der Waals surface area (Å²) >= 11 is 5.95. The minimum Gasteiger partial charge on any atom is -0.330 e. The number of piperidine rings is 1. The molecule has 0 spiro atoms. The number of nitrogens with two attached hydrogens (primary N) is 1. The molecule has 5 heteroatoms. The highest BCUT2D eigenvalue weighted by Gasteiger charge is 2.20. The molecule has 0 aliphatic carbocycles. The predicted molar refractivity (Wildman–Crippen MR) is 83.0 cm³/mol. The van der Waals surface area contributed by atoms with Crippen LogP contribution in [0.5, 0.6) is 0 Å². The van der Waals surface area contributed by atoms with Crippen LogP contribution in [0.2, 0.25) is 5.02 Å². The first-order chi connectivity index (χ1) is 9.58. The maximum Gasteiger partial charge on any atom is 0.238 e. The van der Waals surface area contributed by atoms with Crippen molar-refractivity contribution >= 4 is 23.2 Å². The lowest BCUT2D eigenvalue weighted by molar-refractivity contribution is -0.117. The van der Waals surface area contributed by atoms with E-state index >= 15 is 0 Å². The molecule has 1 aliphatic rings. The Labute approximate surface area is 125 Å². The summed E-state index contributed by atoms with van der Waals surface area (Å²) in [4.78, 5) is 14.3. The first kappa shape index (κ1) is 15.3. The fraction of sp³-hybridized carbons (Fsp3) is 0.533. The van der Waals surface area contributed by atoms with Gasteiger partial charge in [-0.3, -0.25) is 9.69 Å². The van der Waals surface area contributed by atoms with Gasteiger partial charge in [0.05, 0.1) is 6.54 Å². The third kappa shape index (κ3) is 4.20. The average Bonchev–Trinajstić information content (AvgIpc) is 2.43.